The molecule has 0 aliphatic heterocycles. The van der Waals surface area contributed by atoms with Crippen LogP contribution in [0.2, 0.25) is 0 Å². The first kappa shape index (κ1) is 13.1. The minimum absolute atomic E-state index is 0.0381. The molecule has 0 atom stereocenters. The average Bonchev–Trinajstić information content (AvgIpc) is 3.11. The molecule has 1 aliphatic rings. The largest absolute Gasteiger partial charge is 0.481 e. The molecule has 0 unspecified atom stereocenters. The van der Waals surface area contributed by atoms with Crippen LogP contribution in [0.5, 0.6) is 0 Å². The monoisotopic (exact) mass is 291 g/mol. The summed E-state index contributed by atoms with van der Waals surface area (Å²) >= 11 is 0. The number of carbonyl (C=O) groups is 1. The molecular formula is C19H17NO2. The zero-order valence-electron chi connectivity index (χ0n) is 12.2. The van der Waals surface area contributed by atoms with E-state index in [9.17, 15) is 9.90 Å². The van der Waals surface area contributed by atoms with E-state index in [1.807, 2.05) is 24.3 Å². The number of rotatable bonds is 3. The van der Waals surface area contributed by atoms with Crippen LogP contribution in [0.15, 0.2) is 42.5 Å². The molecule has 110 valence electrons. The van der Waals surface area contributed by atoms with Crippen molar-refractivity contribution in [2.75, 3.05) is 0 Å². The summed E-state index contributed by atoms with van der Waals surface area (Å²) in [6.07, 6.45) is 3.53. The molecule has 3 nitrogen and oxygen atoms in total. The second kappa shape index (κ2) is 5.02. The van der Waals surface area contributed by atoms with Crippen LogP contribution in [0.1, 0.15) is 23.1 Å². The Kier molecular flexibility index (Phi) is 3.00. The summed E-state index contributed by atoms with van der Waals surface area (Å²) in [5.41, 5.74) is 6.73. The van der Waals surface area contributed by atoms with E-state index in [0.29, 0.717) is 0 Å². The smallest absolute Gasteiger partial charge is 0.307 e. The lowest BCUT2D eigenvalue weighted by atomic mass is 9.99. The molecule has 0 saturated heterocycles. The summed E-state index contributed by atoms with van der Waals surface area (Å²) in [6, 6.07) is 14.4. The number of carboxylic acid groups (broad SMARTS) is 1. The number of aryl methyl sites for hydroxylation is 2. The number of aromatic nitrogens is 1. The molecule has 0 spiro atoms. The number of para-hydroxylation sites is 1. The summed E-state index contributed by atoms with van der Waals surface area (Å²) in [7, 11) is 0. The summed E-state index contributed by atoms with van der Waals surface area (Å²) < 4.78 is 0. The van der Waals surface area contributed by atoms with Gasteiger partial charge in [-0.25, -0.2) is 0 Å². The topological polar surface area (TPSA) is 53.1 Å². The average molecular weight is 291 g/mol. The highest BCUT2D eigenvalue weighted by atomic mass is 16.4. The Morgan fingerprint density at radius 1 is 1.09 bits per heavy atom. The van der Waals surface area contributed by atoms with E-state index in [2.05, 4.69) is 23.2 Å². The molecule has 3 aromatic rings. The summed E-state index contributed by atoms with van der Waals surface area (Å²) in [4.78, 5) is 14.7. The third-order valence-corrected chi connectivity index (χ3v) is 4.53. The predicted molar refractivity (Wildman–Crippen MR) is 87.1 cm³/mol. The Hall–Kier alpha value is -2.55. The Labute approximate surface area is 128 Å². The fourth-order valence-corrected chi connectivity index (χ4v) is 3.51. The van der Waals surface area contributed by atoms with Crippen LogP contribution in [0.25, 0.3) is 22.2 Å². The molecule has 0 fully saturated rings. The van der Waals surface area contributed by atoms with Gasteiger partial charge in [0.1, 0.15) is 0 Å². The fraction of sp³-hybridized carbons (Fsp3) is 0.211. The number of carboxylic acids is 1. The van der Waals surface area contributed by atoms with Gasteiger partial charge in [-0.15, -0.1) is 0 Å². The third-order valence-electron chi connectivity index (χ3n) is 4.53. The van der Waals surface area contributed by atoms with Crippen molar-refractivity contribution in [2.45, 2.75) is 25.7 Å². The normalized spacial score (nSPS) is 13.5. The molecule has 22 heavy (non-hydrogen) atoms. The molecule has 2 N–H and O–H groups in total. The number of fused-ring (bicyclic) bond motifs is 2. The van der Waals surface area contributed by atoms with Crippen molar-refractivity contribution in [3.05, 3.63) is 59.2 Å². The van der Waals surface area contributed by atoms with Crippen molar-refractivity contribution in [3.63, 3.8) is 0 Å². The van der Waals surface area contributed by atoms with Crippen LogP contribution in [-0.4, -0.2) is 16.1 Å². The van der Waals surface area contributed by atoms with Crippen molar-refractivity contribution >= 4 is 16.9 Å². The van der Waals surface area contributed by atoms with E-state index >= 15 is 0 Å². The summed E-state index contributed by atoms with van der Waals surface area (Å²) in [6.45, 7) is 0. The first-order chi connectivity index (χ1) is 10.7. The summed E-state index contributed by atoms with van der Waals surface area (Å²) in [5.74, 6) is -0.799. The van der Waals surface area contributed by atoms with Gasteiger partial charge in [0.05, 0.1) is 12.1 Å². The highest BCUT2D eigenvalue weighted by Crippen LogP contribution is 2.33. The van der Waals surface area contributed by atoms with Gasteiger partial charge in [-0.2, -0.15) is 0 Å². The molecule has 3 heteroatoms. The van der Waals surface area contributed by atoms with Gasteiger partial charge in [-0.3, -0.25) is 4.79 Å². The second-order valence-electron chi connectivity index (χ2n) is 5.93. The molecule has 1 aliphatic carbocycles. The third kappa shape index (κ3) is 2.10. The van der Waals surface area contributed by atoms with Gasteiger partial charge >= 0.3 is 5.97 Å². The van der Waals surface area contributed by atoms with Gasteiger partial charge in [0, 0.05) is 10.9 Å². The maximum Gasteiger partial charge on any atom is 0.307 e. The number of benzene rings is 2. The SMILES string of the molecule is O=C(O)Cc1c(-c2ccc3c(c2)CCC3)[nH]c2ccccc12. The van der Waals surface area contributed by atoms with E-state index in [-0.39, 0.29) is 6.42 Å². The first-order valence-electron chi connectivity index (χ1n) is 7.66. The van der Waals surface area contributed by atoms with E-state index < -0.39 is 5.97 Å². The number of H-pyrrole nitrogens is 1. The van der Waals surface area contributed by atoms with Crippen LogP contribution in [0, 0.1) is 0 Å². The van der Waals surface area contributed by atoms with Gasteiger partial charge in [-0.05, 0) is 53.6 Å². The molecule has 1 aromatic heterocycles. The Morgan fingerprint density at radius 2 is 1.91 bits per heavy atom. The molecule has 0 amide bonds. The molecule has 1 heterocycles. The van der Waals surface area contributed by atoms with Gasteiger partial charge in [0.25, 0.3) is 0 Å². The van der Waals surface area contributed by atoms with E-state index in [1.165, 1.54) is 17.5 Å². The molecule has 0 bridgehead atoms. The molecule has 0 saturated carbocycles. The van der Waals surface area contributed by atoms with Gasteiger partial charge in [0.2, 0.25) is 0 Å². The Balaban J connectivity index is 1.92. The second-order valence-corrected chi connectivity index (χ2v) is 5.93. The van der Waals surface area contributed by atoms with Crippen molar-refractivity contribution in [2.24, 2.45) is 0 Å². The predicted octanol–water partition coefficient (Wildman–Crippen LogP) is 3.95. The molecule has 2 aromatic carbocycles. The Morgan fingerprint density at radius 3 is 2.77 bits per heavy atom. The maximum absolute atomic E-state index is 11.3. The zero-order chi connectivity index (χ0) is 15.1. The molecule has 4 rings (SSSR count). The van der Waals surface area contributed by atoms with Crippen LogP contribution in [0.3, 0.4) is 0 Å². The lowest BCUT2D eigenvalue weighted by molar-refractivity contribution is -0.136. The lowest BCUT2D eigenvalue weighted by Crippen LogP contribution is -2.01. The van der Waals surface area contributed by atoms with Crippen molar-refractivity contribution in [1.82, 2.24) is 4.98 Å². The lowest BCUT2D eigenvalue weighted by Gasteiger charge is -2.06. The number of aliphatic carboxylic acids is 1. The summed E-state index contributed by atoms with van der Waals surface area (Å²) in [5, 5.41) is 10.3. The van der Waals surface area contributed by atoms with Gasteiger partial charge < -0.3 is 10.1 Å². The quantitative estimate of drug-likeness (QED) is 0.767. The standard InChI is InChI=1S/C19H17NO2/c21-18(22)11-16-15-6-1-2-7-17(15)20-19(16)14-9-8-12-4-3-5-13(12)10-14/h1-2,6-10,20H,3-5,11H2,(H,21,22). The highest BCUT2D eigenvalue weighted by Gasteiger charge is 2.17. The van der Waals surface area contributed by atoms with Gasteiger partial charge in [0.15, 0.2) is 0 Å². The van der Waals surface area contributed by atoms with Crippen LogP contribution >= 0.6 is 0 Å². The maximum atomic E-state index is 11.3. The van der Waals surface area contributed by atoms with Crippen LogP contribution < -0.4 is 0 Å². The van der Waals surface area contributed by atoms with Crippen molar-refractivity contribution in [3.8, 4) is 11.3 Å². The van der Waals surface area contributed by atoms with E-state index in [4.69, 9.17) is 0 Å². The first-order valence-corrected chi connectivity index (χ1v) is 7.66. The molecular weight excluding hydrogens is 274 g/mol. The van der Waals surface area contributed by atoms with Crippen LogP contribution in [0.4, 0.5) is 0 Å². The highest BCUT2D eigenvalue weighted by molar-refractivity contribution is 5.94. The minimum atomic E-state index is -0.799. The van der Waals surface area contributed by atoms with Crippen LogP contribution in [-0.2, 0) is 24.1 Å². The van der Waals surface area contributed by atoms with Gasteiger partial charge in [-0.1, -0.05) is 30.3 Å². The van der Waals surface area contributed by atoms with E-state index in [0.717, 1.165) is 40.6 Å². The molecule has 0 radical (unpaired) electrons. The number of aromatic amines is 1. The number of hydrogen-bond donors (Lipinski definition) is 2. The Bertz CT molecular complexity index is 876. The number of nitrogens with one attached hydrogen (secondary N) is 1. The minimum Gasteiger partial charge on any atom is -0.481 e. The zero-order valence-corrected chi connectivity index (χ0v) is 12.2. The van der Waals surface area contributed by atoms with Crippen molar-refractivity contribution in [1.29, 1.82) is 0 Å². The fourth-order valence-electron chi connectivity index (χ4n) is 3.51. The number of hydrogen-bond acceptors (Lipinski definition) is 1. The van der Waals surface area contributed by atoms with E-state index in [1.54, 1.807) is 0 Å². The van der Waals surface area contributed by atoms with Crippen molar-refractivity contribution < 1.29 is 9.90 Å².